The summed E-state index contributed by atoms with van der Waals surface area (Å²) in [6.45, 7) is 5.64. The number of carbonyl (C=O) groups is 1. The molecule has 0 aliphatic carbocycles. The van der Waals surface area contributed by atoms with Crippen molar-refractivity contribution in [3.63, 3.8) is 0 Å². The summed E-state index contributed by atoms with van der Waals surface area (Å²) in [5.74, 6) is 0.425. The highest BCUT2D eigenvalue weighted by Crippen LogP contribution is 2.33. The van der Waals surface area contributed by atoms with Crippen LogP contribution in [0.2, 0.25) is 0 Å². The highest BCUT2D eigenvalue weighted by Gasteiger charge is 2.25. The zero-order valence-electron chi connectivity index (χ0n) is 18.4. The SMILES string of the molecule is CCC(NC(=O)CN(c1ccc(OC)cc1OC)S(C)(=O)=O)c1ccc(C)cc1C. The molecule has 1 amide bonds. The van der Waals surface area contributed by atoms with Gasteiger partial charge in [0.1, 0.15) is 18.0 Å². The molecular formula is C22H30N2O5S. The molecule has 30 heavy (non-hydrogen) atoms. The molecular weight excluding hydrogens is 404 g/mol. The lowest BCUT2D eigenvalue weighted by molar-refractivity contribution is -0.120. The lowest BCUT2D eigenvalue weighted by atomic mass is 9.97. The number of aryl methyl sites for hydroxylation is 2. The Hall–Kier alpha value is -2.74. The van der Waals surface area contributed by atoms with Gasteiger partial charge in [0, 0.05) is 6.07 Å². The number of anilines is 1. The Morgan fingerprint density at radius 3 is 2.33 bits per heavy atom. The Bertz CT molecular complexity index is 1000. The molecule has 1 N–H and O–H groups in total. The highest BCUT2D eigenvalue weighted by atomic mass is 32.2. The normalized spacial score (nSPS) is 12.2. The van der Waals surface area contributed by atoms with E-state index in [0.717, 1.165) is 27.3 Å². The second-order valence-corrected chi connectivity index (χ2v) is 9.10. The van der Waals surface area contributed by atoms with Gasteiger partial charge in [-0.15, -0.1) is 0 Å². The lowest BCUT2D eigenvalue weighted by Crippen LogP contribution is -2.41. The molecule has 0 heterocycles. The van der Waals surface area contributed by atoms with Crippen molar-refractivity contribution < 1.29 is 22.7 Å². The van der Waals surface area contributed by atoms with Gasteiger partial charge < -0.3 is 14.8 Å². The van der Waals surface area contributed by atoms with Gasteiger partial charge in [-0.05, 0) is 43.5 Å². The molecule has 0 spiro atoms. The topological polar surface area (TPSA) is 84.9 Å². The molecule has 2 aromatic rings. The lowest BCUT2D eigenvalue weighted by Gasteiger charge is -2.26. The Kier molecular flexibility index (Phi) is 7.72. The molecule has 0 bridgehead atoms. The number of amides is 1. The first kappa shape index (κ1) is 23.5. The van der Waals surface area contributed by atoms with Crippen molar-refractivity contribution >= 4 is 21.6 Å². The molecule has 2 aromatic carbocycles. The van der Waals surface area contributed by atoms with Crippen LogP contribution in [-0.2, 0) is 14.8 Å². The number of hydrogen-bond acceptors (Lipinski definition) is 5. The Morgan fingerprint density at radius 1 is 1.10 bits per heavy atom. The van der Waals surface area contributed by atoms with Crippen LogP contribution in [0.15, 0.2) is 36.4 Å². The first-order valence-electron chi connectivity index (χ1n) is 9.67. The van der Waals surface area contributed by atoms with Crippen LogP contribution in [0.1, 0.15) is 36.1 Å². The monoisotopic (exact) mass is 434 g/mol. The van der Waals surface area contributed by atoms with Crippen molar-refractivity contribution in [1.82, 2.24) is 5.32 Å². The van der Waals surface area contributed by atoms with E-state index in [9.17, 15) is 13.2 Å². The molecule has 0 saturated carbocycles. The molecule has 164 valence electrons. The first-order chi connectivity index (χ1) is 14.1. The molecule has 0 radical (unpaired) electrons. The summed E-state index contributed by atoms with van der Waals surface area (Å²) in [6.07, 6.45) is 1.74. The largest absolute Gasteiger partial charge is 0.497 e. The maximum Gasteiger partial charge on any atom is 0.241 e. The van der Waals surface area contributed by atoms with E-state index >= 15 is 0 Å². The van der Waals surface area contributed by atoms with Crippen LogP contribution >= 0.6 is 0 Å². The van der Waals surface area contributed by atoms with Gasteiger partial charge in [0.25, 0.3) is 0 Å². The molecule has 0 aromatic heterocycles. The summed E-state index contributed by atoms with van der Waals surface area (Å²) >= 11 is 0. The number of ether oxygens (including phenoxy) is 2. The quantitative estimate of drug-likeness (QED) is 0.654. The van der Waals surface area contributed by atoms with E-state index in [2.05, 4.69) is 11.4 Å². The second-order valence-electron chi connectivity index (χ2n) is 7.20. The van der Waals surface area contributed by atoms with E-state index in [1.807, 2.05) is 32.9 Å². The minimum absolute atomic E-state index is 0.211. The molecule has 0 fully saturated rings. The van der Waals surface area contributed by atoms with Gasteiger partial charge >= 0.3 is 0 Å². The van der Waals surface area contributed by atoms with Crippen LogP contribution in [0.5, 0.6) is 11.5 Å². The van der Waals surface area contributed by atoms with E-state index in [1.54, 1.807) is 18.2 Å². The summed E-state index contributed by atoms with van der Waals surface area (Å²) in [5, 5.41) is 2.97. The van der Waals surface area contributed by atoms with Gasteiger partial charge in [-0.3, -0.25) is 9.10 Å². The van der Waals surface area contributed by atoms with E-state index in [4.69, 9.17) is 9.47 Å². The summed E-state index contributed by atoms with van der Waals surface area (Å²) in [4.78, 5) is 12.8. The van der Waals surface area contributed by atoms with Crippen LogP contribution < -0.4 is 19.1 Å². The fourth-order valence-electron chi connectivity index (χ4n) is 3.36. The van der Waals surface area contributed by atoms with Gasteiger partial charge in [-0.1, -0.05) is 30.7 Å². The molecule has 1 unspecified atom stereocenters. The van der Waals surface area contributed by atoms with E-state index < -0.39 is 15.9 Å². The zero-order valence-corrected chi connectivity index (χ0v) is 19.2. The smallest absolute Gasteiger partial charge is 0.241 e. The average molecular weight is 435 g/mol. The van der Waals surface area contributed by atoms with Crippen LogP contribution in [0.25, 0.3) is 0 Å². The van der Waals surface area contributed by atoms with E-state index in [-0.39, 0.29) is 18.3 Å². The molecule has 7 nitrogen and oxygen atoms in total. The van der Waals surface area contributed by atoms with Gasteiger partial charge in [0.05, 0.1) is 32.2 Å². The standard InChI is InChI=1S/C22H30N2O5S/c1-7-19(18-10-8-15(2)12-16(18)3)23-22(25)14-24(30(6,26)27)20-11-9-17(28-4)13-21(20)29-5/h8-13,19H,7,14H2,1-6H3,(H,23,25). The third kappa shape index (κ3) is 5.66. The van der Waals surface area contributed by atoms with Crippen molar-refractivity contribution in [2.45, 2.75) is 33.2 Å². The zero-order chi connectivity index (χ0) is 22.5. The van der Waals surface area contributed by atoms with Crippen molar-refractivity contribution in [2.24, 2.45) is 0 Å². The Balaban J connectivity index is 2.30. The van der Waals surface area contributed by atoms with Gasteiger partial charge in [0.15, 0.2) is 0 Å². The third-order valence-corrected chi connectivity index (χ3v) is 6.01. The molecule has 2 rings (SSSR count). The number of carbonyl (C=O) groups excluding carboxylic acids is 1. The van der Waals surface area contributed by atoms with Gasteiger partial charge in [-0.25, -0.2) is 8.42 Å². The Labute approximate surface area is 179 Å². The third-order valence-electron chi connectivity index (χ3n) is 4.89. The Morgan fingerprint density at radius 2 is 1.80 bits per heavy atom. The maximum absolute atomic E-state index is 12.8. The average Bonchev–Trinajstić information content (AvgIpc) is 2.69. The minimum Gasteiger partial charge on any atom is -0.497 e. The van der Waals surface area contributed by atoms with Gasteiger partial charge in [0.2, 0.25) is 15.9 Å². The number of rotatable bonds is 9. The van der Waals surface area contributed by atoms with Crippen LogP contribution in [0.3, 0.4) is 0 Å². The summed E-state index contributed by atoms with van der Waals surface area (Å²) in [7, 11) is -0.790. The molecule has 0 aliphatic heterocycles. The van der Waals surface area contributed by atoms with Crippen LogP contribution in [0.4, 0.5) is 5.69 Å². The fraction of sp³-hybridized carbons (Fsp3) is 0.409. The number of nitrogens with one attached hydrogen (secondary N) is 1. The van der Waals surface area contributed by atoms with Crippen molar-refractivity contribution in [2.75, 3.05) is 31.3 Å². The number of methoxy groups -OCH3 is 2. The van der Waals surface area contributed by atoms with Crippen LogP contribution in [0, 0.1) is 13.8 Å². The van der Waals surface area contributed by atoms with Gasteiger partial charge in [-0.2, -0.15) is 0 Å². The molecule has 8 heteroatoms. The predicted octanol–water partition coefficient (Wildman–Crippen LogP) is 3.35. The number of hydrogen-bond donors (Lipinski definition) is 1. The minimum atomic E-state index is -3.73. The summed E-state index contributed by atoms with van der Waals surface area (Å²) in [6, 6.07) is 10.6. The fourth-order valence-corrected chi connectivity index (χ4v) is 4.22. The number of benzene rings is 2. The predicted molar refractivity (Wildman–Crippen MR) is 119 cm³/mol. The second kappa shape index (κ2) is 9.84. The number of nitrogens with zero attached hydrogens (tertiary/aromatic N) is 1. The number of sulfonamides is 1. The van der Waals surface area contributed by atoms with Crippen molar-refractivity contribution in [3.05, 3.63) is 53.1 Å². The summed E-state index contributed by atoms with van der Waals surface area (Å²) < 4.78 is 36.5. The van der Waals surface area contributed by atoms with Crippen molar-refractivity contribution in [1.29, 1.82) is 0 Å². The molecule has 1 atom stereocenters. The van der Waals surface area contributed by atoms with Crippen LogP contribution in [-0.4, -0.2) is 41.3 Å². The maximum atomic E-state index is 12.8. The molecule has 0 aliphatic rings. The first-order valence-corrected chi connectivity index (χ1v) is 11.5. The highest BCUT2D eigenvalue weighted by molar-refractivity contribution is 7.92. The molecule has 0 saturated heterocycles. The van der Waals surface area contributed by atoms with Crippen molar-refractivity contribution in [3.8, 4) is 11.5 Å². The van der Waals surface area contributed by atoms with E-state index in [1.165, 1.54) is 14.2 Å². The van der Waals surface area contributed by atoms with E-state index in [0.29, 0.717) is 17.9 Å². The summed E-state index contributed by atoms with van der Waals surface area (Å²) in [5.41, 5.74) is 3.52.